The van der Waals surface area contributed by atoms with Gasteiger partial charge in [-0.15, -0.1) is 0 Å². The minimum absolute atomic E-state index is 0.0205. The molecule has 0 unspecified atom stereocenters. The Hall–Kier alpha value is -4.00. The lowest BCUT2D eigenvalue weighted by Crippen LogP contribution is -2.47. The Morgan fingerprint density at radius 2 is 1.91 bits per heavy atom. The topological polar surface area (TPSA) is 83.2 Å². The summed E-state index contributed by atoms with van der Waals surface area (Å²) in [4.78, 5) is 21.4. The van der Waals surface area contributed by atoms with Crippen molar-refractivity contribution in [3.63, 3.8) is 0 Å². The van der Waals surface area contributed by atoms with Crippen molar-refractivity contribution in [1.29, 1.82) is 5.26 Å². The third kappa shape index (κ3) is 5.26. The Morgan fingerprint density at radius 1 is 1.08 bits per heavy atom. The average molecular weight is 749 g/mol. The molecule has 3 saturated heterocycles. The van der Waals surface area contributed by atoms with Gasteiger partial charge in [-0.3, -0.25) is 4.79 Å². The van der Waals surface area contributed by atoms with Crippen LogP contribution < -0.4 is 5.32 Å². The number of hydrogen-bond acceptors (Lipinski definition) is 5. The zero-order chi connectivity index (χ0) is 36.1. The number of carbonyl (C=O) groups excluding carboxylic acids is 1. The number of likely N-dealkylation sites (tertiary alicyclic amines) is 1. The third-order valence-electron chi connectivity index (χ3n) is 12.8. The molecule has 11 rings (SSSR count). The lowest BCUT2D eigenvalue weighted by atomic mass is 9.79. The van der Waals surface area contributed by atoms with Crippen molar-refractivity contribution >= 4 is 50.9 Å². The number of nitrogens with zero attached hydrogens (tertiary/aromatic N) is 4. The van der Waals surface area contributed by atoms with Crippen molar-refractivity contribution in [1.82, 2.24) is 19.8 Å². The van der Waals surface area contributed by atoms with E-state index in [-0.39, 0.29) is 58.9 Å². The van der Waals surface area contributed by atoms with Crippen molar-refractivity contribution in [2.24, 2.45) is 17.8 Å². The van der Waals surface area contributed by atoms with Crippen LogP contribution in [0.3, 0.4) is 0 Å². The van der Waals surface area contributed by atoms with Gasteiger partial charge in [0.15, 0.2) is 5.82 Å². The molecule has 10 heteroatoms. The molecule has 3 aliphatic carbocycles. The van der Waals surface area contributed by atoms with E-state index in [9.17, 15) is 10.1 Å². The van der Waals surface area contributed by atoms with Gasteiger partial charge in [0.05, 0.1) is 46.4 Å². The fourth-order valence-corrected chi connectivity index (χ4v) is 10.7. The van der Waals surface area contributed by atoms with E-state index in [1.165, 1.54) is 0 Å². The van der Waals surface area contributed by atoms with Gasteiger partial charge in [0, 0.05) is 70.2 Å². The number of ether oxygens (including phenoxy) is 1. The molecular formula is C43H40Cl2FN5O2. The van der Waals surface area contributed by atoms with E-state index >= 15 is 4.39 Å². The lowest BCUT2D eigenvalue weighted by Gasteiger charge is -2.43. The molecule has 2 aromatic heterocycles. The van der Waals surface area contributed by atoms with E-state index in [0.29, 0.717) is 46.7 Å². The maximum atomic E-state index is 17.3. The van der Waals surface area contributed by atoms with Crippen molar-refractivity contribution in [3.05, 3.63) is 99.0 Å². The van der Waals surface area contributed by atoms with Crippen LogP contribution in [0.5, 0.6) is 0 Å². The Balaban J connectivity index is 1.19. The Kier molecular flexibility index (Phi) is 8.11. The van der Waals surface area contributed by atoms with Crippen molar-refractivity contribution < 1.29 is 13.9 Å². The second kappa shape index (κ2) is 12.8. The minimum atomic E-state index is -0.464. The SMILES string of the molecule is Cc1nc2c(F)c(-c3cccc(Cl)c3Cl)c(CCC#N)cc2c2c1cc([C@H]1[C@H]3C[C@H](C[C@@H]3OCc3ccccc3)N1C(=O)C1CC1)n2[C@H]1[C@H]2CN[C@@H]1C2. The van der Waals surface area contributed by atoms with Crippen LogP contribution in [0.15, 0.2) is 60.7 Å². The number of benzene rings is 3. The smallest absolute Gasteiger partial charge is 0.226 e. The molecule has 3 aliphatic heterocycles. The summed E-state index contributed by atoms with van der Waals surface area (Å²) in [6, 6.07) is 22.5. The molecule has 53 heavy (non-hydrogen) atoms. The van der Waals surface area contributed by atoms with Gasteiger partial charge in [0.1, 0.15) is 5.52 Å². The van der Waals surface area contributed by atoms with Gasteiger partial charge in [-0.2, -0.15) is 5.26 Å². The molecule has 0 spiro atoms. The van der Waals surface area contributed by atoms with Crippen molar-refractivity contribution in [2.45, 2.75) is 88.7 Å². The van der Waals surface area contributed by atoms with Crippen LogP contribution in [0.2, 0.25) is 10.0 Å². The molecule has 1 N–H and O–H groups in total. The number of amides is 1. The van der Waals surface area contributed by atoms with E-state index in [4.69, 9.17) is 32.9 Å². The highest BCUT2D eigenvalue weighted by atomic mass is 35.5. The first-order chi connectivity index (χ1) is 25.8. The summed E-state index contributed by atoms with van der Waals surface area (Å²) in [5.41, 5.74) is 5.73. The van der Waals surface area contributed by atoms with Crippen LogP contribution in [0.1, 0.15) is 73.1 Å². The highest BCUT2D eigenvalue weighted by Crippen LogP contribution is 2.57. The zero-order valence-electron chi connectivity index (χ0n) is 29.5. The number of halogens is 3. The van der Waals surface area contributed by atoms with Gasteiger partial charge in [-0.1, -0.05) is 65.7 Å². The van der Waals surface area contributed by atoms with E-state index in [1.54, 1.807) is 18.2 Å². The van der Waals surface area contributed by atoms with Gasteiger partial charge in [-0.25, -0.2) is 9.37 Å². The number of aromatic nitrogens is 2. The normalized spacial score (nSPS) is 27.2. The molecule has 4 bridgehead atoms. The third-order valence-corrected chi connectivity index (χ3v) is 13.7. The molecular weight excluding hydrogens is 708 g/mol. The van der Waals surface area contributed by atoms with E-state index < -0.39 is 5.82 Å². The highest BCUT2D eigenvalue weighted by Gasteiger charge is 2.58. The minimum Gasteiger partial charge on any atom is -0.373 e. The fourth-order valence-electron chi connectivity index (χ4n) is 10.3. The predicted octanol–water partition coefficient (Wildman–Crippen LogP) is 9.26. The second-order valence-electron chi connectivity index (χ2n) is 15.9. The number of piperidine rings is 1. The van der Waals surface area contributed by atoms with Gasteiger partial charge >= 0.3 is 0 Å². The van der Waals surface area contributed by atoms with Gasteiger partial charge in [0.25, 0.3) is 0 Å². The molecule has 270 valence electrons. The van der Waals surface area contributed by atoms with Gasteiger partial charge in [-0.05, 0) is 80.7 Å². The first-order valence-corrected chi connectivity index (χ1v) is 19.8. The average Bonchev–Trinajstić information content (AvgIpc) is 3.54. The van der Waals surface area contributed by atoms with Gasteiger partial charge in [0.2, 0.25) is 5.91 Å². The molecule has 1 amide bonds. The number of nitrogens with one attached hydrogen (secondary N) is 1. The fraction of sp³-hybridized carbons (Fsp3) is 0.419. The van der Waals surface area contributed by atoms with Gasteiger partial charge < -0.3 is 19.5 Å². The second-order valence-corrected chi connectivity index (χ2v) is 16.7. The molecule has 6 fully saturated rings. The quantitative estimate of drug-likeness (QED) is 0.163. The molecule has 7 nitrogen and oxygen atoms in total. The standard InChI is InChI=1S/C43H40Cl2FN5O2/c1-22-29-19-34(42-30-17-27(50(42)43(52)24-12-13-24)18-35(30)53-21-23-7-3-2-4-8-23)51(40-26-16-33(40)48-20-26)41(29)31-15-25(9-6-14-47)36(38(46)39(31)49-22)28-10-5-11-32(44)37(28)45/h2-5,7-8,10-11,15,19,24,26-27,30,33,35,40,42,48H,6,9,12-13,16-18,20-21H2,1H3/t26-,27-,30+,33-,35+,40+,42-/m1/s1. The summed E-state index contributed by atoms with van der Waals surface area (Å²) in [5, 5.41) is 15.7. The largest absolute Gasteiger partial charge is 0.373 e. The highest BCUT2D eigenvalue weighted by molar-refractivity contribution is 6.43. The number of rotatable bonds is 9. The van der Waals surface area contributed by atoms with Crippen LogP contribution in [0.4, 0.5) is 4.39 Å². The predicted molar refractivity (Wildman–Crippen MR) is 204 cm³/mol. The number of hydrogen-bond donors (Lipinski definition) is 1. The molecule has 3 saturated carbocycles. The van der Waals surface area contributed by atoms with Crippen molar-refractivity contribution in [2.75, 3.05) is 6.54 Å². The maximum absolute atomic E-state index is 17.3. The summed E-state index contributed by atoms with van der Waals surface area (Å²) in [7, 11) is 0. The lowest BCUT2D eigenvalue weighted by molar-refractivity contribution is -0.140. The first kappa shape index (κ1) is 33.6. The number of pyridine rings is 1. The van der Waals surface area contributed by atoms with Crippen molar-refractivity contribution in [3.8, 4) is 17.2 Å². The number of nitriles is 1. The summed E-state index contributed by atoms with van der Waals surface area (Å²) < 4.78 is 26.5. The van der Waals surface area contributed by atoms with E-state index in [2.05, 4.69) is 39.1 Å². The molecule has 3 aromatic carbocycles. The molecule has 5 heterocycles. The van der Waals surface area contributed by atoms with Crippen LogP contribution in [0.25, 0.3) is 32.9 Å². The summed E-state index contributed by atoms with van der Waals surface area (Å²) in [5.74, 6) is 0.468. The Bertz CT molecular complexity index is 2340. The number of aryl methyl sites for hydroxylation is 2. The molecule has 6 aliphatic rings. The van der Waals surface area contributed by atoms with Crippen LogP contribution in [-0.2, 0) is 22.6 Å². The Labute approximate surface area is 318 Å². The van der Waals surface area contributed by atoms with E-state index in [0.717, 1.165) is 71.9 Å². The molecule has 0 radical (unpaired) electrons. The molecule has 7 atom stereocenters. The summed E-state index contributed by atoms with van der Waals surface area (Å²) in [6.45, 7) is 3.42. The zero-order valence-corrected chi connectivity index (χ0v) is 31.0. The van der Waals surface area contributed by atoms with Crippen LogP contribution in [-0.4, -0.2) is 45.1 Å². The number of carbonyl (C=O) groups is 1. The van der Waals surface area contributed by atoms with Crippen LogP contribution in [0, 0.1) is 41.8 Å². The number of fused-ring (bicyclic) bond motifs is 6. The maximum Gasteiger partial charge on any atom is 0.226 e. The van der Waals surface area contributed by atoms with Crippen LogP contribution >= 0.6 is 23.2 Å². The first-order valence-electron chi connectivity index (χ1n) is 19.0. The summed E-state index contributed by atoms with van der Waals surface area (Å²) >= 11 is 13.2. The summed E-state index contributed by atoms with van der Waals surface area (Å²) in [6.07, 6.45) is 5.33. The van der Waals surface area contributed by atoms with E-state index in [1.807, 2.05) is 31.2 Å². The molecule has 5 aromatic rings. The monoisotopic (exact) mass is 747 g/mol. The Morgan fingerprint density at radius 3 is 2.64 bits per heavy atom.